The number of anilines is 2. The molecule has 0 radical (unpaired) electrons. The Labute approximate surface area is 190 Å². The molecular weight excluding hydrogens is 430 g/mol. The second-order valence-corrected chi connectivity index (χ2v) is 8.72. The van der Waals surface area contributed by atoms with Crippen molar-refractivity contribution in [1.82, 2.24) is 19.5 Å². The number of amides is 1. The van der Waals surface area contributed by atoms with Crippen LogP contribution >= 0.6 is 11.8 Å². The lowest BCUT2D eigenvalue weighted by Crippen LogP contribution is -2.17. The predicted molar refractivity (Wildman–Crippen MR) is 123 cm³/mol. The molecule has 1 amide bonds. The first kappa shape index (κ1) is 22.0. The van der Waals surface area contributed by atoms with Crippen molar-refractivity contribution < 1.29 is 14.3 Å². The minimum atomic E-state index is -0.273. The number of nitrogens with two attached hydrogens (primary N) is 2. The van der Waals surface area contributed by atoms with Gasteiger partial charge in [-0.2, -0.15) is 0 Å². The van der Waals surface area contributed by atoms with E-state index < -0.39 is 0 Å². The Hall–Kier alpha value is -3.21. The van der Waals surface area contributed by atoms with Crippen LogP contribution in [0.4, 0.5) is 11.5 Å². The molecule has 2 aromatic heterocycles. The molecule has 0 saturated carbocycles. The van der Waals surface area contributed by atoms with Crippen LogP contribution in [0.5, 0.6) is 11.5 Å². The van der Waals surface area contributed by atoms with Gasteiger partial charge in [-0.05, 0) is 24.6 Å². The molecule has 3 aromatic rings. The number of aromatic nitrogens is 4. The van der Waals surface area contributed by atoms with Crippen molar-refractivity contribution >= 4 is 40.3 Å². The highest BCUT2D eigenvalue weighted by molar-refractivity contribution is 7.99. The Morgan fingerprint density at radius 1 is 1.16 bits per heavy atom. The molecule has 170 valence electrons. The number of unbranched alkanes of at least 4 members (excludes halogenated alkanes) is 2. The summed E-state index contributed by atoms with van der Waals surface area (Å²) in [5.74, 6) is 1.53. The van der Waals surface area contributed by atoms with E-state index in [1.165, 1.54) is 18.1 Å². The highest BCUT2D eigenvalue weighted by atomic mass is 32.2. The molecule has 0 spiro atoms. The van der Waals surface area contributed by atoms with Crippen molar-refractivity contribution in [3.8, 4) is 11.5 Å². The van der Waals surface area contributed by atoms with Gasteiger partial charge in [-0.25, -0.2) is 15.0 Å². The van der Waals surface area contributed by atoms with Gasteiger partial charge in [0.15, 0.2) is 33.6 Å². The quantitative estimate of drug-likeness (QED) is 0.464. The molecule has 1 aliphatic rings. The van der Waals surface area contributed by atoms with Crippen LogP contribution in [-0.4, -0.2) is 52.7 Å². The van der Waals surface area contributed by atoms with E-state index in [2.05, 4.69) is 14.5 Å². The Morgan fingerprint density at radius 2 is 1.91 bits per heavy atom. The fourth-order valence-corrected chi connectivity index (χ4v) is 4.68. The largest absolute Gasteiger partial charge is 0.486 e. The lowest BCUT2D eigenvalue weighted by atomic mass is 10.2. The first-order valence-corrected chi connectivity index (χ1v) is 11.3. The fraction of sp³-hybridized carbons (Fsp3) is 0.429. The van der Waals surface area contributed by atoms with Gasteiger partial charge in [0, 0.05) is 44.1 Å². The Morgan fingerprint density at radius 3 is 2.62 bits per heavy atom. The van der Waals surface area contributed by atoms with Crippen molar-refractivity contribution in [3.63, 3.8) is 0 Å². The van der Waals surface area contributed by atoms with Crippen LogP contribution in [0.25, 0.3) is 11.2 Å². The van der Waals surface area contributed by atoms with Crippen LogP contribution in [-0.2, 0) is 11.3 Å². The topological polar surface area (TPSA) is 134 Å². The summed E-state index contributed by atoms with van der Waals surface area (Å²) >= 11 is 1.52. The summed E-state index contributed by atoms with van der Waals surface area (Å²) < 4.78 is 13.6. The van der Waals surface area contributed by atoms with Gasteiger partial charge in [0.1, 0.15) is 19.5 Å². The highest BCUT2D eigenvalue weighted by Crippen LogP contribution is 2.43. The van der Waals surface area contributed by atoms with Crippen LogP contribution in [0.3, 0.4) is 0 Å². The van der Waals surface area contributed by atoms with E-state index in [-0.39, 0.29) is 5.91 Å². The van der Waals surface area contributed by atoms with E-state index in [9.17, 15) is 4.79 Å². The van der Waals surface area contributed by atoms with E-state index in [1.807, 2.05) is 31.1 Å². The summed E-state index contributed by atoms with van der Waals surface area (Å²) in [4.78, 5) is 27.3. The molecule has 11 heteroatoms. The molecule has 32 heavy (non-hydrogen) atoms. The Balaban J connectivity index is 1.66. The lowest BCUT2D eigenvalue weighted by Gasteiger charge is -2.23. The average molecular weight is 458 g/mol. The van der Waals surface area contributed by atoms with Gasteiger partial charge < -0.3 is 30.4 Å². The van der Waals surface area contributed by atoms with Crippen LogP contribution in [0.2, 0.25) is 0 Å². The second kappa shape index (κ2) is 9.51. The number of rotatable bonds is 9. The Kier molecular flexibility index (Phi) is 6.54. The molecule has 0 aliphatic carbocycles. The number of hydrogen-bond acceptors (Lipinski definition) is 9. The maximum Gasteiger partial charge on any atom is 0.217 e. The smallest absolute Gasteiger partial charge is 0.217 e. The molecule has 0 unspecified atom stereocenters. The lowest BCUT2D eigenvalue weighted by molar-refractivity contribution is -0.118. The number of primary amides is 1. The fourth-order valence-electron chi connectivity index (χ4n) is 3.55. The molecule has 0 bridgehead atoms. The standard InChI is InChI=1S/C21H27N7O3S/c1-27(2)13-10-14-15(31-9-8-30-14)11-16(13)32-21-26-18-19(23)24-12-25-20(18)28(21)7-5-3-4-6-17(22)29/h10-12H,3-9H2,1-2H3,(H2,22,29)(H2,23,24,25). The average Bonchev–Trinajstić information content (AvgIpc) is 3.11. The van der Waals surface area contributed by atoms with Crippen molar-refractivity contribution in [2.24, 2.45) is 5.73 Å². The number of hydrogen-bond donors (Lipinski definition) is 2. The van der Waals surface area contributed by atoms with E-state index in [0.29, 0.717) is 43.2 Å². The molecule has 4 rings (SSSR count). The number of fused-ring (bicyclic) bond motifs is 2. The summed E-state index contributed by atoms with van der Waals surface area (Å²) in [6.45, 7) is 1.75. The summed E-state index contributed by atoms with van der Waals surface area (Å²) in [5, 5.41) is 0.766. The minimum Gasteiger partial charge on any atom is -0.486 e. The summed E-state index contributed by atoms with van der Waals surface area (Å²) in [7, 11) is 3.97. The zero-order chi connectivity index (χ0) is 22.7. The second-order valence-electron chi connectivity index (χ2n) is 7.71. The van der Waals surface area contributed by atoms with Crippen molar-refractivity contribution in [1.29, 1.82) is 0 Å². The number of carbonyl (C=O) groups is 1. The van der Waals surface area contributed by atoms with Crippen LogP contribution < -0.4 is 25.8 Å². The van der Waals surface area contributed by atoms with E-state index in [0.717, 1.165) is 46.5 Å². The molecule has 1 aromatic carbocycles. The van der Waals surface area contributed by atoms with E-state index in [1.54, 1.807) is 0 Å². The van der Waals surface area contributed by atoms with Gasteiger partial charge in [0.05, 0.1) is 5.69 Å². The SMILES string of the molecule is CN(C)c1cc2c(cc1Sc1nc3c(N)ncnc3n1CCCCCC(N)=O)OCCO2. The molecule has 0 fully saturated rings. The number of ether oxygens (including phenoxy) is 2. The first-order valence-electron chi connectivity index (χ1n) is 10.5. The number of aryl methyl sites for hydroxylation is 1. The first-order chi connectivity index (χ1) is 15.4. The van der Waals surface area contributed by atoms with Gasteiger partial charge >= 0.3 is 0 Å². The third-order valence-electron chi connectivity index (χ3n) is 5.14. The number of imidazole rings is 1. The van der Waals surface area contributed by atoms with Crippen LogP contribution in [0.15, 0.2) is 28.5 Å². The highest BCUT2D eigenvalue weighted by Gasteiger charge is 2.21. The summed E-state index contributed by atoms with van der Waals surface area (Å²) in [6, 6.07) is 3.97. The number of benzene rings is 1. The molecule has 0 atom stereocenters. The van der Waals surface area contributed by atoms with Gasteiger partial charge in [0.2, 0.25) is 5.91 Å². The monoisotopic (exact) mass is 457 g/mol. The number of carbonyl (C=O) groups excluding carboxylic acids is 1. The molecule has 10 nitrogen and oxygen atoms in total. The zero-order valence-electron chi connectivity index (χ0n) is 18.2. The maximum absolute atomic E-state index is 11.0. The Bertz CT molecular complexity index is 1130. The van der Waals surface area contributed by atoms with Gasteiger partial charge in [-0.1, -0.05) is 6.42 Å². The molecule has 1 aliphatic heterocycles. The van der Waals surface area contributed by atoms with Crippen LogP contribution in [0, 0.1) is 0 Å². The summed E-state index contributed by atoms with van der Waals surface area (Å²) in [6.07, 6.45) is 4.34. The van der Waals surface area contributed by atoms with Crippen molar-refractivity contribution in [2.45, 2.75) is 42.3 Å². The normalized spacial score (nSPS) is 12.8. The molecule has 3 heterocycles. The molecule has 0 saturated heterocycles. The number of nitrogens with zero attached hydrogens (tertiary/aromatic N) is 5. The minimum absolute atomic E-state index is 0.273. The van der Waals surface area contributed by atoms with Gasteiger partial charge in [0.25, 0.3) is 0 Å². The van der Waals surface area contributed by atoms with E-state index in [4.69, 9.17) is 25.9 Å². The predicted octanol–water partition coefficient (Wildman–Crippen LogP) is 2.44. The van der Waals surface area contributed by atoms with Crippen LogP contribution in [0.1, 0.15) is 25.7 Å². The summed E-state index contributed by atoms with van der Waals surface area (Å²) in [5.41, 5.74) is 13.6. The van der Waals surface area contributed by atoms with Gasteiger partial charge in [-0.3, -0.25) is 4.79 Å². The van der Waals surface area contributed by atoms with Crippen molar-refractivity contribution in [2.75, 3.05) is 37.9 Å². The third kappa shape index (κ3) is 4.67. The van der Waals surface area contributed by atoms with E-state index >= 15 is 0 Å². The maximum atomic E-state index is 11.0. The molecular formula is C21H27N7O3S. The zero-order valence-corrected chi connectivity index (χ0v) is 19.0. The van der Waals surface area contributed by atoms with Gasteiger partial charge in [-0.15, -0.1) is 0 Å². The third-order valence-corrected chi connectivity index (χ3v) is 6.18. The van der Waals surface area contributed by atoms with Crippen molar-refractivity contribution in [3.05, 3.63) is 18.5 Å². The number of nitrogen functional groups attached to an aromatic ring is 1. The molecule has 4 N–H and O–H groups in total.